The molecule has 2 fully saturated rings. The number of ether oxygens (including phenoxy) is 3. The summed E-state index contributed by atoms with van der Waals surface area (Å²) in [6.07, 6.45) is -7.26. The Kier molecular flexibility index (Phi) is 19.0. The number of alkyl halides is 2. The largest absolute Gasteiger partial charge is 1.00 e. The Labute approximate surface area is 276 Å². The minimum atomic E-state index is -1.82. The van der Waals surface area contributed by atoms with Gasteiger partial charge in [0.1, 0.15) is 35.4 Å². The quantitative estimate of drug-likeness (QED) is 0.288. The zero-order valence-electron chi connectivity index (χ0n) is 24.4. The zero-order chi connectivity index (χ0) is 30.5. The minimum absolute atomic E-state index is 0. The van der Waals surface area contributed by atoms with Gasteiger partial charge in [-0.2, -0.15) is 7.11 Å². The molecule has 2 heterocycles. The number of rotatable bonds is 7. The molecule has 42 heavy (non-hydrogen) atoms. The summed E-state index contributed by atoms with van der Waals surface area (Å²) in [7, 11) is 0.750. The molecule has 2 saturated heterocycles. The normalized spacial score (nSPS) is 32.1. The Balaban J connectivity index is 0.000000391. The van der Waals surface area contributed by atoms with Crippen molar-refractivity contribution in [2.75, 3.05) is 13.7 Å². The van der Waals surface area contributed by atoms with Crippen molar-refractivity contribution in [3.63, 3.8) is 0 Å². The number of aliphatic hydroxyl groups excluding tert-OH is 3. The van der Waals surface area contributed by atoms with E-state index < -0.39 is 60.2 Å². The van der Waals surface area contributed by atoms with E-state index in [1.54, 1.807) is 6.92 Å². The van der Waals surface area contributed by atoms with Gasteiger partial charge in [0.25, 0.3) is 0 Å². The van der Waals surface area contributed by atoms with E-state index in [4.69, 9.17) is 24.4 Å². The molecule has 0 aromatic heterocycles. The van der Waals surface area contributed by atoms with Gasteiger partial charge in [-0.3, -0.25) is 4.79 Å². The van der Waals surface area contributed by atoms with Crippen LogP contribution in [0.3, 0.4) is 0 Å². The van der Waals surface area contributed by atoms with Gasteiger partial charge >= 0.3 is 35.5 Å². The van der Waals surface area contributed by atoms with Gasteiger partial charge in [-0.1, -0.05) is 73.8 Å². The molecule has 4 rings (SSSR count). The molecule has 2 aliphatic heterocycles. The van der Waals surface area contributed by atoms with Crippen molar-refractivity contribution in [1.82, 2.24) is 0 Å². The van der Waals surface area contributed by atoms with E-state index >= 15 is 0 Å². The van der Waals surface area contributed by atoms with E-state index in [9.17, 15) is 23.8 Å². The molecule has 8 nitrogen and oxygen atoms in total. The van der Waals surface area contributed by atoms with Crippen LogP contribution in [0.4, 0.5) is 8.78 Å². The monoisotopic (exact) mass is 640 g/mol. The summed E-state index contributed by atoms with van der Waals surface area (Å²) in [6, 6.07) is 18.7. The molecule has 230 valence electrons. The summed E-state index contributed by atoms with van der Waals surface area (Å²) in [5.74, 6) is -0.765. The second kappa shape index (κ2) is 20.3. The van der Waals surface area contributed by atoms with Crippen molar-refractivity contribution in [2.45, 2.75) is 90.7 Å². The number of hydrogen-bond donors (Lipinski definition) is 3. The first-order valence-corrected chi connectivity index (χ1v) is 15.0. The van der Waals surface area contributed by atoms with Crippen LogP contribution in [0.2, 0.25) is 0 Å². The molecular formula is C29H39F2NaO8S2. The van der Waals surface area contributed by atoms with Gasteiger partial charge in [-0.05, 0) is 30.7 Å². The number of benzene rings is 2. The smallest absolute Gasteiger partial charge is 0.857 e. The second-order valence-corrected chi connectivity index (χ2v) is 11.7. The molecule has 2 aromatic carbocycles. The molecule has 10 atom stereocenters. The van der Waals surface area contributed by atoms with Crippen molar-refractivity contribution in [1.29, 1.82) is 0 Å². The van der Waals surface area contributed by atoms with E-state index in [1.165, 1.54) is 18.7 Å². The van der Waals surface area contributed by atoms with Gasteiger partial charge in [-0.15, -0.1) is 0 Å². The Morgan fingerprint density at radius 2 is 1.36 bits per heavy atom. The van der Waals surface area contributed by atoms with E-state index in [1.807, 2.05) is 67.6 Å². The Morgan fingerprint density at radius 1 is 0.881 bits per heavy atom. The first-order valence-electron chi connectivity index (χ1n) is 13.2. The third-order valence-corrected chi connectivity index (χ3v) is 8.80. The summed E-state index contributed by atoms with van der Waals surface area (Å²) in [5, 5.41) is 36.4. The maximum Gasteiger partial charge on any atom is 1.00 e. The van der Waals surface area contributed by atoms with Crippen LogP contribution in [0.25, 0.3) is 0 Å². The molecule has 13 heteroatoms. The van der Waals surface area contributed by atoms with Crippen LogP contribution < -0.4 is 34.7 Å². The molecule has 2 aromatic rings. The maximum atomic E-state index is 14.6. The number of halogens is 2. The average molecular weight is 641 g/mol. The Morgan fingerprint density at radius 3 is 1.81 bits per heavy atom. The Bertz CT molecular complexity index is 1010. The molecule has 0 saturated carbocycles. The van der Waals surface area contributed by atoms with E-state index in [0.717, 1.165) is 35.1 Å². The van der Waals surface area contributed by atoms with Crippen LogP contribution >= 0.6 is 23.5 Å². The van der Waals surface area contributed by atoms with Gasteiger partial charge in [0.2, 0.25) is 0 Å². The topological polar surface area (TPSA) is 129 Å². The molecule has 2 aliphatic rings. The number of carbonyl (C=O) groups is 1. The van der Waals surface area contributed by atoms with Crippen LogP contribution in [-0.4, -0.2) is 88.7 Å². The van der Waals surface area contributed by atoms with Gasteiger partial charge < -0.3 is 34.6 Å². The summed E-state index contributed by atoms with van der Waals surface area (Å²) >= 11 is 2.56. The molecule has 0 aliphatic carbocycles. The first-order chi connectivity index (χ1) is 19.7. The fraction of sp³-hybridized carbons (Fsp3) is 0.552. The minimum Gasteiger partial charge on any atom is -0.857 e. The third-order valence-electron chi connectivity index (χ3n) is 6.48. The van der Waals surface area contributed by atoms with Gasteiger partial charge in [0, 0.05) is 22.6 Å². The van der Waals surface area contributed by atoms with Gasteiger partial charge in [-0.25, -0.2) is 8.78 Å². The number of thioether (sulfide) groups is 2. The average Bonchev–Trinajstić information content (AvgIpc) is 2.99. The van der Waals surface area contributed by atoms with Crippen LogP contribution in [0, 0.1) is 5.92 Å². The molecule has 0 bridgehead atoms. The molecule has 0 spiro atoms. The van der Waals surface area contributed by atoms with Crippen molar-refractivity contribution in [3.05, 3.63) is 60.7 Å². The first kappa shape index (κ1) is 39.3. The van der Waals surface area contributed by atoms with Crippen molar-refractivity contribution in [3.8, 4) is 0 Å². The maximum absolute atomic E-state index is 14.6. The SMILES string of the molecule is CC[C@H]1O[C@@H](Sc2ccccc2)[C@H](OC(C)=O)[C@@H](F)[C@@H]1C.C[O-].OC[C@H]1O[C@@H](Sc2ccccc2)[C@H](O)[C@@H](F)[C@@H]1O.[Na+]. The number of esters is 1. The fourth-order valence-corrected chi connectivity index (χ4v) is 6.50. The molecule has 0 amide bonds. The summed E-state index contributed by atoms with van der Waals surface area (Å²) in [5.41, 5.74) is -1.37. The van der Waals surface area contributed by atoms with Crippen molar-refractivity contribution >= 4 is 29.5 Å². The standard InChI is InChI=1S/C16H21FO3S.C12H15FO4S.CH3O.Na/c1-4-13-10(2)14(17)15(19-11(3)18)16(20-13)21-12-8-6-5-7-9-12;13-9-10(15)8(6-14)17-12(11(9)16)18-7-4-2-1-3-5-7;1-2;/h5-10,13-16H,4H2,1-3H3;1-5,8-12,14-16H,6H2;1H3;/q;;-1;+1/t10-,13-,14+,15-,16+;8-,9+,10-,11-,12+;;/m11../s1. The fourth-order valence-electron chi connectivity index (χ4n) is 4.31. The summed E-state index contributed by atoms with van der Waals surface area (Å²) in [6.45, 7) is 4.59. The summed E-state index contributed by atoms with van der Waals surface area (Å²) < 4.78 is 44.8. The number of hydrogen-bond acceptors (Lipinski definition) is 10. The predicted molar refractivity (Wildman–Crippen MR) is 152 cm³/mol. The summed E-state index contributed by atoms with van der Waals surface area (Å²) in [4.78, 5) is 13.0. The van der Waals surface area contributed by atoms with Crippen molar-refractivity contribution in [2.24, 2.45) is 5.92 Å². The van der Waals surface area contributed by atoms with Gasteiger partial charge in [0.05, 0.1) is 12.7 Å². The third kappa shape index (κ3) is 11.3. The van der Waals surface area contributed by atoms with E-state index in [0.29, 0.717) is 0 Å². The van der Waals surface area contributed by atoms with Crippen LogP contribution in [-0.2, 0) is 19.0 Å². The van der Waals surface area contributed by atoms with Gasteiger partial charge in [0.15, 0.2) is 12.3 Å². The molecular weight excluding hydrogens is 601 g/mol. The second-order valence-electron chi connectivity index (χ2n) is 9.34. The molecule has 0 radical (unpaired) electrons. The predicted octanol–water partition coefficient (Wildman–Crippen LogP) is 0.356. The number of aliphatic hydroxyl groups is 3. The zero-order valence-corrected chi connectivity index (χ0v) is 28.0. The van der Waals surface area contributed by atoms with Crippen LogP contribution in [0.5, 0.6) is 0 Å². The Hall–Kier alpha value is -0.770. The molecule has 3 N–H and O–H groups in total. The molecule has 0 unspecified atom stereocenters. The van der Waals surface area contributed by atoms with Crippen molar-refractivity contribution < 1.29 is 77.8 Å². The van der Waals surface area contributed by atoms with Crippen LogP contribution in [0.15, 0.2) is 70.5 Å². The van der Waals surface area contributed by atoms with Crippen LogP contribution in [0.1, 0.15) is 27.2 Å². The van der Waals surface area contributed by atoms with E-state index in [2.05, 4.69) is 0 Å². The number of carbonyl (C=O) groups excluding carboxylic acids is 1. The van der Waals surface area contributed by atoms with E-state index in [-0.39, 0.29) is 41.6 Å².